The highest BCUT2D eigenvalue weighted by atomic mass is 16.5. The van der Waals surface area contributed by atoms with Crippen molar-refractivity contribution in [1.29, 1.82) is 0 Å². The van der Waals surface area contributed by atoms with E-state index in [1.807, 2.05) is 0 Å². The average molecular weight is 316 g/mol. The average Bonchev–Trinajstić information content (AvgIpc) is 3.08. The Morgan fingerprint density at radius 2 is 1.75 bits per heavy atom. The van der Waals surface area contributed by atoms with E-state index in [1.54, 1.807) is 0 Å². The Hall–Kier alpha value is -2.12. The van der Waals surface area contributed by atoms with Crippen molar-refractivity contribution in [2.75, 3.05) is 13.2 Å². The van der Waals surface area contributed by atoms with Crippen molar-refractivity contribution in [1.82, 2.24) is 0 Å². The van der Waals surface area contributed by atoms with Crippen LogP contribution in [0.2, 0.25) is 0 Å². The van der Waals surface area contributed by atoms with Gasteiger partial charge in [-0.05, 0) is 41.2 Å². The second kappa shape index (κ2) is 5.46. The molecule has 2 aromatic rings. The minimum absolute atomic E-state index is 0.0989. The van der Waals surface area contributed by atoms with Crippen molar-refractivity contribution >= 4 is 5.57 Å². The van der Waals surface area contributed by atoms with Gasteiger partial charge in [-0.2, -0.15) is 0 Å². The summed E-state index contributed by atoms with van der Waals surface area (Å²) < 4.78 is 5.89. The molecule has 1 fully saturated rings. The van der Waals surface area contributed by atoms with Crippen LogP contribution < -0.4 is 0 Å². The maximum Gasteiger partial charge on any atom is 0.0689 e. The molecule has 0 N–H and O–H groups in total. The Morgan fingerprint density at radius 1 is 1.04 bits per heavy atom. The molecule has 0 spiro atoms. The molecule has 1 aliphatic heterocycles. The molecular formula is C23H24O. The molecule has 1 heteroatoms. The van der Waals surface area contributed by atoms with Crippen LogP contribution in [0.4, 0.5) is 0 Å². The van der Waals surface area contributed by atoms with Crippen molar-refractivity contribution in [2.24, 2.45) is 5.41 Å². The van der Waals surface area contributed by atoms with Crippen LogP contribution in [0.5, 0.6) is 0 Å². The first-order chi connectivity index (χ1) is 11.6. The predicted molar refractivity (Wildman–Crippen MR) is 100.0 cm³/mol. The smallest absolute Gasteiger partial charge is 0.0689 e. The van der Waals surface area contributed by atoms with Gasteiger partial charge >= 0.3 is 0 Å². The Morgan fingerprint density at radius 3 is 2.46 bits per heavy atom. The van der Waals surface area contributed by atoms with E-state index in [2.05, 4.69) is 81.1 Å². The molecule has 122 valence electrons. The van der Waals surface area contributed by atoms with Crippen molar-refractivity contribution in [3.05, 3.63) is 89.5 Å². The van der Waals surface area contributed by atoms with Gasteiger partial charge in [0.25, 0.3) is 0 Å². The third kappa shape index (κ3) is 2.04. The summed E-state index contributed by atoms with van der Waals surface area (Å²) in [6.07, 6.45) is 3.20. The fourth-order valence-corrected chi connectivity index (χ4v) is 4.67. The molecule has 2 atom stereocenters. The molecule has 0 bridgehead atoms. The van der Waals surface area contributed by atoms with Gasteiger partial charge in [-0.15, -0.1) is 6.58 Å². The molecule has 1 aliphatic carbocycles. The quantitative estimate of drug-likeness (QED) is 0.697. The monoisotopic (exact) mass is 316 g/mol. The van der Waals surface area contributed by atoms with Gasteiger partial charge in [0.15, 0.2) is 0 Å². The van der Waals surface area contributed by atoms with Gasteiger partial charge in [0.1, 0.15) is 0 Å². The number of hydrogen-bond acceptors (Lipinski definition) is 1. The Balaban J connectivity index is 2.03. The van der Waals surface area contributed by atoms with E-state index in [-0.39, 0.29) is 10.8 Å². The fourth-order valence-electron chi connectivity index (χ4n) is 4.67. The minimum Gasteiger partial charge on any atom is -0.376 e. The van der Waals surface area contributed by atoms with Crippen LogP contribution in [-0.4, -0.2) is 13.2 Å². The molecule has 0 amide bonds. The second-order valence-electron chi connectivity index (χ2n) is 7.44. The fraction of sp³-hybridized carbons (Fsp3) is 0.304. The molecule has 0 radical (unpaired) electrons. The summed E-state index contributed by atoms with van der Waals surface area (Å²) in [7, 11) is 0. The van der Waals surface area contributed by atoms with Crippen LogP contribution in [0.3, 0.4) is 0 Å². The highest BCUT2D eigenvalue weighted by Gasteiger charge is 2.53. The van der Waals surface area contributed by atoms with Crippen LogP contribution in [0, 0.1) is 12.3 Å². The number of hydrogen-bond donors (Lipinski definition) is 0. The van der Waals surface area contributed by atoms with Gasteiger partial charge in [-0.25, -0.2) is 0 Å². The van der Waals surface area contributed by atoms with E-state index in [0.29, 0.717) is 0 Å². The van der Waals surface area contributed by atoms with Crippen molar-refractivity contribution in [3.63, 3.8) is 0 Å². The molecule has 1 saturated heterocycles. The third-order valence-electron chi connectivity index (χ3n) is 5.86. The summed E-state index contributed by atoms with van der Waals surface area (Å²) in [5.74, 6) is 0. The minimum atomic E-state index is -0.138. The zero-order chi connectivity index (χ0) is 16.8. The third-order valence-corrected chi connectivity index (χ3v) is 5.86. The zero-order valence-corrected chi connectivity index (χ0v) is 14.5. The van der Waals surface area contributed by atoms with Crippen LogP contribution in [-0.2, 0) is 10.2 Å². The lowest BCUT2D eigenvalue weighted by Gasteiger charge is -2.33. The molecule has 0 saturated carbocycles. The van der Waals surface area contributed by atoms with Gasteiger partial charge in [0, 0.05) is 10.8 Å². The number of fused-ring (bicyclic) bond motifs is 1. The van der Waals surface area contributed by atoms with Crippen molar-refractivity contribution in [3.8, 4) is 0 Å². The van der Waals surface area contributed by atoms with E-state index in [0.717, 1.165) is 19.6 Å². The number of rotatable bonds is 3. The van der Waals surface area contributed by atoms with Crippen LogP contribution in [0.25, 0.3) is 5.57 Å². The first-order valence-electron chi connectivity index (χ1n) is 8.68. The topological polar surface area (TPSA) is 9.23 Å². The highest BCUT2D eigenvalue weighted by molar-refractivity contribution is 5.85. The standard InChI is InChI=1S/C23H24O/c1-4-23(18-11-6-5-7-12-18)15-22(3)16-24-14-20(22)21(23)19-13-9-8-10-17(19)2/h4-13H,1,14-16H2,2-3H3/t22-,23+/m1/s1. The first-order valence-corrected chi connectivity index (χ1v) is 8.68. The summed E-state index contributed by atoms with van der Waals surface area (Å²) >= 11 is 0. The van der Waals surface area contributed by atoms with E-state index in [1.165, 1.54) is 27.8 Å². The van der Waals surface area contributed by atoms with E-state index in [9.17, 15) is 0 Å². The molecule has 1 heterocycles. The number of ether oxygens (including phenoxy) is 1. The Bertz CT molecular complexity index is 817. The molecule has 2 aliphatic rings. The zero-order valence-electron chi connectivity index (χ0n) is 14.5. The second-order valence-corrected chi connectivity index (χ2v) is 7.44. The van der Waals surface area contributed by atoms with Gasteiger partial charge in [-0.3, -0.25) is 0 Å². The molecule has 0 unspecified atom stereocenters. The molecule has 24 heavy (non-hydrogen) atoms. The number of benzene rings is 2. The maximum absolute atomic E-state index is 5.89. The van der Waals surface area contributed by atoms with E-state index < -0.39 is 0 Å². The summed E-state index contributed by atoms with van der Waals surface area (Å²) in [6.45, 7) is 10.4. The van der Waals surface area contributed by atoms with Gasteiger partial charge in [-0.1, -0.05) is 67.6 Å². The molecular weight excluding hydrogens is 292 g/mol. The lowest BCUT2D eigenvalue weighted by molar-refractivity contribution is 0.150. The van der Waals surface area contributed by atoms with E-state index >= 15 is 0 Å². The lowest BCUT2D eigenvalue weighted by Crippen LogP contribution is -2.27. The predicted octanol–water partition coefficient (Wildman–Crippen LogP) is 5.31. The first kappa shape index (κ1) is 15.4. The largest absolute Gasteiger partial charge is 0.376 e. The van der Waals surface area contributed by atoms with Crippen molar-refractivity contribution < 1.29 is 4.74 Å². The lowest BCUT2D eigenvalue weighted by atomic mass is 9.70. The van der Waals surface area contributed by atoms with Crippen LogP contribution >= 0.6 is 0 Å². The molecule has 0 aromatic heterocycles. The molecule has 4 rings (SSSR count). The summed E-state index contributed by atoms with van der Waals surface area (Å²) in [5.41, 5.74) is 6.83. The van der Waals surface area contributed by atoms with Gasteiger partial charge < -0.3 is 4.74 Å². The summed E-state index contributed by atoms with van der Waals surface area (Å²) in [4.78, 5) is 0. The Labute approximate surface area is 144 Å². The number of aryl methyl sites for hydroxylation is 1. The normalized spacial score (nSPS) is 28.9. The van der Waals surface area contributed by atoms with Crippen LogP contribution in [0.15, 0.2) is 72.8 Å². The van der Waals surface area contributed by atoms with Gasteiger partial charge in [0.05, 0.1) is 13.2 Å². The molecule has 1 nitrogen and oxygen atoms in total. The maximum atomic E-state index is 5.89. The summed E-state index contributed by atoms with van der Waals surface area (Å²) in [6, 6.07) is 19.5. The van der Waals surface area contributed by atoms with Gasteiger partial charge in [0.2, 0.25) is 0 Å². The SMILES string of the molecule is C=C[C@@]1(c2ccccc2)C[C@]2(C)COCC2=C1c1ccccc1C. The Kier molecular flexibility index (Phi) is 3.51. The van der Waals surface area contributed by atoms with E-state index in [4.69, 9.17) is 4.74 Å². The van der Waals surface area contributed by atoms with Crippen molar-refractivity contribution in [2.45, 2.75) is 25.7 Å². The number of allylic oxidation sites excluding steroid dienone is 2. The van der Waals surface area contributed by atoms with Crippen LogP contribution in [0.1, 0.15) is 30.0 Å². The summed E-state index contributed by atoms with van der Waals surface area (Å²) in [5, 5.41) is 0. The highest BCUT2D eigenvalue weighted by Crippen LogP contribution is 2.60. The molecule has 2 aromatic carbocycles.